The van der Waals surface area contributed by atoms with Crippen LogP contribution in [0.15, 0.2) is 9.22 Å². The summed E-state index contributed by atoms with van der Waals surface area (Å²) in [6.45, 7) is 3.59. The molecule has 1 unspecified atom stereocenters. The lowest BCUT2D eigenvalue weighted by atomic mass is 10.0. The van der Waals surface area contributed by atoms with Crippen LogP contribution in [0.2, 0.25) is 0 Å². The van der Waals surface area contributed by atoms with Gasteiger partial charge in [0, 0.05) is 21.8 Å². The Bertz CT molecular complexity index is 321. The third kappa shape index (κ3) is 2.55. The van der Waals surface area contributed by atoms with Crippen molar-refractivity contribution in [3.05, 3.63) is 16.3 Å². The Morgan fingerprint density at radius 1 is 1.77 bits per heavy atom. The number of aromatic nitrogens is 1. The number of carboxylic acid groups (broad SMARTS) is 1. The Hall–Kier alpha value is -0.840. The number of halogens is 1. The minimum atomic E-state index is -0.834. The van der Waals surface area contributed by atoms with E-state index in [4.69, 9.17) is 9.52 Å². The molecule has 1 heterocycles. The highest BCUT2D eigenvalue weighted by molar-refractivity contribution is 9.10. The van der Waals surface area contributed by atoms with Gasteiger partial charge in [-0.25, -0.2) is 4.98 Å². The SMILES string of the molecule is Cc1nc(Br)oc1C(C)CC(=O)O. The molecular weight excluding hydrogens is 238 g/mol. The average Bonchev–Trinajstić information content (AvgIpc) is 2.28. The lowest BCUT2D eigenvalue weighted by Crippen LogP contribution is -2.03. The summed E-state index contributed by atoms with van der Waals surface area (Å²) in [5.74, 6) is -0.343. The highest BCUT2D eigenvalue weighted by Gasteiger charge is 2.17. The second kappa shape index (κ2) is 3.91. The van der Waals surface area contributed by atoms with Gasteiger partial charge in [0.25, 0.3) is 4.80 Å². The van der Waals surface area contributed by atoms with Crippen LogP contribution in [-0.4, -0.2) is 16.1 Å². The van der Waals surface area contributed by atoms with E-state index in [0.29, 0.717) is 10.6 Å². The van der Waals surface area contributed by atoms with E-state index in [-0.39, 0.29) is 12.3 Å². The highest BCUT2D eigenvalue weighted by Crippen LogP contribution is 2.25. The molecule has 1 aromatic rings. The summed E-state index contributed by atoms with van der Waals surface area (Å²) < 4.78 is 5.22. The van der Waals surface area contributed by atoms with E-state index in [1.165, 1.54) is 0 Å². The number of hydrogen-bond acceptors (Lipinski definition) is 3. The van der Waals surface area contributed by atoms with Gasteiger partial charge in [0.2, 0.25) is 0 Å². The van der Waals surface area contributed by atoms with Crippen LogP contribution in [0.5, 0.6) is 0 Å². The molecule has 0 aromatic carbocycles. The number of oxazole rings is 1. The molecule has 0 amide bonds. The molecule has 0 radical (unpaired) electrons. The molecule has 0 saturated heterocycles. The van der Waals surface area contributed by atoms with Crippen molar-refractivity contribution in [1.29, 1.82) is 0 Å². The van der Waals surface area contributed by atoms with E-state index in [1.54, 1.807) is 13.8 Å². The van der Waals surface area contributed by atoms with Gasteiger partial charge >= 0.3 is 5.97 Å². The van der Waals surface area contributed by atoms with Crippen LogP contribution in [0, 0.1) is 6.92 Å². The summed E-state index contributed by atoms with van der Waals surface area (Å²) in [6.07, 6.45) is 0.0580. The topological polar surface area (TPSA) is 63.3 Å². The second-order valence-electron chi connectivity index (χ2n) is 2.92. The standard InChI is InChI=1S/C8H10BrNO3/c1-4(3-6(11)12)7-5(2)10-8(9)13-7/h4H,3H2,1-2H3,(H,11,12). The number of aryl methyl sites for hydroxylation is 1. The van der Waals surface area contributed by atoms with Gasteiger partial charge in [0.05, 0.1) is 12.1 Å². The quantitative estimate of drug-likeness (QED) is 0.891. The zero-order chi connectivity index (χ0) is 10.0. The Kier molecular flexibility index (Phi) is 3.08. The highest BCUT2D eigenvalue weighted by atomic mass is 79.9. The lowest BCUT2D eigenvalue weighted by molar-refractivity contribution is -0.137. The van der Waals surface area contributed by atoms with Crippen molar-refractivity contribution >= 4 is 21.9 Å². The summed E-state index contributed by atoms with van der Waals surface area (Å²) in [6, 6.07) is 0. The molecule has 0 spiro atoms. The first kappa shape index (κ1) is 10.2. The first-order valence-corrected chi connectivity index (χ1v) is 4.64. The fourth-order valence-electron chi connectivity index (χ4n) is 1.19. The molecule has 0 fully saturated rings. The first-order valence-electron chi connectivity index (χ1n) is 3.85. The molecule has 0 aliphatic heterocycles. The van der Waals surface area contributed by atoms with Gasteiger partial charge in [-0.3, -0.25) is 4.79 Å². The molecule has 72 valence electrons. The van der Waals surface area contributed by atoms with Crippen molar-refractivity contribution in [3.63, 3.8) is 0 Å². The van der Waals surface area contributed by atoms with Crippen LogP contribution in [0.3, 0.4) is 0 Å². The Balaban J connectivity index is 2.81. The van der Waals surface area contributed by atoms with Crippen molar-refractivity contribution < 1.29 is 14.3 Å². The van der Waals surface area contributed by atoms with E-state index < -0.39 is 5.97 Å². The third-order valence-electron chi connectivity index (χ3n) is 1.73. The molecule has 5 heteroatoms. The van der Waals surface area contributed by atoms with E-state index in [2.05, 4.69) is 20.9 Å². The zero-order valence-corrected chi connectivity index (χ0v) is 8.96. The zero-order valence-electron chi connectivity index (χ0n) is 7.37. The molecular formula is C8H10BrNO3. The number of hydrogen-bond donors (Lipinski definition) is 1. The monoisotopic (exact) mass is 247 g/mol. The van der Waals surface area contributed by atoms with Gasteiger partial charge in [-0.2, -0.15) is 0 Å². The van der Waals surface area contributed by atoms with Gasteiger partial charge in [-0.15, -0.1) is 0 Å². The molecule has 0 saturated carbocycles. The molecule has 13 heavy (non-hydrogen) atoms. The largest absolute Gasteiger partial charge is 0.481 e. The van der Waals surface area contributed by atoms with Crippen molar-refractivity contribution in [3.8, 4) is 0 Å². The molecule has 1 N–H and O–H groups in total. The van der Waals surface area contributed by atoms with Crippen molar-refractivity contribution in [1.82, 2.24) is 4.98 Å². The molecule has 0 aliphatic carbocycles. The summed E-state index contributed by atoms with van der Waals surface area (Å²) >= 11 is 3.09. The third-order valence-corrected chi connectivity index (χ3v) is 2.07. The smallest absolute Gasteiger partial charge is 0.304 e. The van der Waals surface area contributed by atoms with Crippen molar-refractivity contribution in [2.24, 2.45) is 0 Å². The van der Waals surface area contributed by atoms with Gasteiger partial charge in [0.1, 0.15) is 5.76 Å². The normalized spacial score (nSPS) is 12.8. The van der Waals surface area contributed by atoms with Gasteiger partial charge in [0.15, 0.2) is 0 Å². The van der Waals surface area contributed by atoms with Crippen LogP contribution in [-0.2, 0) is 4.79 Å². The lowest BCUT2D eigenvalue weighted by Gasteiger charge is -2.04. The van der Waals surface area contributed by atoms with Crippen LogP contribution in [0.25, 0.3) is 0 Å². The average molecular weight is 248 g/mol. The number of carboxylic acids is 1. The summed E-state index contributed by atoms with van der Waals surface area (Å²) in [7, 11) is 0. The summed E-state index contributed by atoms with van der Waals surface area (Å²) in [4.78, 5) is 14.8. The number of carbonyl (C=O) groups is 1. The van der Waals surface area contributed by atoms with E-state index in [1.807, 2.05) is 0 Å². The predicted octanol–water partition coefficient (Wildman–Crippen LogP) is 2.32. The number of nitrogens with zero attached hydrogens (tertiary/aromatic N) is 1. The van der Waals surface area contributed by atoms with E-state index in [0.717, 1.165) is 5.69 Å². The van der Waals surface area contributed by atoms with Crippen molar-refractivity contribution in [2.45, 2.75) is 26.2 Å². The predicted molar refractivity (Wildman–Crippen MR) is 49.6 cm³/mol. The Labute approximate surface area is 84.1 Å². The fraction of sp³-hybridized carbons (Fsp3) is 0.500. The van der Waals surface area contributed by atoms with Gasteiger partial charge < -0.3 is 9.52 Å². The van der Waals surface area contributed by atoms with E-state index in [9.17, 15) is 4.79 Å². The molecule has 1 rings (SSSR count). The van der Waals surface area contributed by atoms with E-state index >= 15 is 0 Å². The van der Waals surface area contributed by atoms with Gasteiger partial charge in [-0.05, 0) is 6.92 Å². The second-order valence-corrected chi connectivity index (χ2v) is 3.59. The van der Waals surface area contributed by atoms with Crippen LogP contribution < -0.4 is 0 Å². The molecule has 1 aromatic heterocycles. The fourth-order valence-corrected chi connectivity index (χ4v) is 1.63. The number of aliphatic carboxylic acids is 1. The molecule has 0 aliphatic rings. The van der Waals surface area contributed by atoms with Crippen molar-refractivity contribution in [2.75, 3.05) is 0 Å². The van der Waals surface area contributed by atoms with Crippen LogP contribution >= 0.6 is 15.9 Å². The molecule has 0 bridgehead atoms. The number of rotatable bonds is 3. The maximum absolute atomic E-state index is 10.4. The Morgan fingerprint density at radius 2 is 2.38 bits per heavy atom. The maximum atomic E-state index is 10.4. The molecule has 4 nitrogen and oxygen atoms in total. The Morgan fingerprint density at radius 3 is 2.77 bits per heavy atom. The van der Waals surface area contributed by atoms with Crippen LogP contribution in [0.4, 0.5) is 0 Å². The molecule has 1 atom stereocenters. The minimum Gasteiger partial charge on any atom is -0.481 e. The van der Waals surface area contributed by atoms with Gasteiger partial charge in [-0.1, -0.05) is 6.92 Å². The summed E-state index contributed by atoms with van der Waals surface area (Å²) in [5, 5.41) is 8.57. The minimum absolute atomic E-state index is 0.0580. The van der Waals surface area contributed by atoms with Crippen LogP contribution in [0.1, 0.15) is 30.7 Å². The first-order chi connectivity index (χ1) is 6.00. The maximum Gasteiger partial charge on any atom is 0.304 e. The summed E-state index contributed by atoms with van der Waals surface area (Å²) in [5.41, 5.74) is 0.737.